The van der Waals surface area contributed by atoms with Gasteiger partial charge in [0.05, 0.1) is 0 Å². The fraction of sp³-hybridized carbons (Fsp3) is 0.238. The van der Waals surface area contributed by atoms with Gasteiger partial charge in [-0.3, -0.25) is 0 Å². The predicted molar refractivity (Wildman–Crippen MR) is 107 cm³/mol. The van der Waals surface area contributed by atoms with Crippen LogP contribution in [0.1, 0.15) is 38.3 Å². The van der Waals surface area contributed by atoms with Crippen LogP contribution in [0.15, 0.2) is 70.6 Å². The summed E-state index contributed by atoms with van der Waals surface area (Å²) in [7, 11) is 0. The first-order chi connectivity index (χ1) is 11.0. The number of hydrogen-bond acceptors (Lipinski definition) is 1. The van der Waals surface area contributed by atoms with E-state index in [1.165, 1.54) is 20.6 Å². The van der Waals surface area contributed by atoms with E-state index in [2.05, 4.69) is 87.5 Å². The van der Waals surface area contributed by atoms with Crippen molar-refractivity contribution in [2.24, 2.45) is 0 Å². The maximum absolute atomic E-state index is 6.20. The van der Waals surface area contributed by atoms with Gasteiger partial charge < -0.3 is 0 Å². The summed E-state index contributed by atoms with van der Waals surface area (Å²) in [6, 6.07) is 19.2. The van der Waals surface area contributed by atoms with Crippen LogP contribution >= 0.6 is 24.8 Å². The Balaban J connectivity index is 0.00000156. The summed E-state index contributed by atoms with van der Waals surface area (Å²) in [6.07, 6.45) is 5.52. The van der Waals surface area contributed by atoms with E-state index in [4.69, 9.17) is 3.32 Å². The normalized spacial score (nSPS) is 13.1. The Morgan fingerprint density at radius 3 is 2.32 bits per heavy atom. The molecule has 0 saturated heterocycles. The van der Waals surface area contributed by atoms with Gasteiger partial charge in [-0.1, -0.05) is 0 Å². The second-order valence-electron chi connectivity index (χ2n) is 6.85. The Kier molecular flexibility index (Phi) is 8.50. The first-order valence-electron chi connectivity index (χ1n) is 8.02. The van der Waals surface area contributed by atoms with E-state index in [-0.39, 0.29) is 30.2 Å². The Labute approximate surface area is 172 Å². The molecule has 0 amide bonds. The van der Waals surface area contributed by atoms with E-state index in [1.807, 2.05) is 0 Å². The molecule has 1 nitrogen and oxygen atoms in total. The van der Waals surface area contributed by atoms with Crippen molar-refractivity contribution in [1.82, 2.24) is 0 Å². The van der Waals surface area contributed by atoms with Crippen molar-refractivity contribution in [2.75, 3.05) is 0 Å². The van der Waals surface area contributed by atoms with Gasteiger partial charge in [-0.05, 0) is 0 Å². The molecule has 0 heterocycles. The molecule has 4 heteroatoms. The third kappa shape index (κ3) is 5.76. The minimum atomic E-state index is -0.606. The molecular formula is C21H24Cl2OTi. The first-order valence-corrected chi connectivity index (χ1v) is 9.44. The van der Waals surface area contributed by atoms with Crippen molar-refractivity contribution >= 4 is 30.4 Å². The summed E-state index contributed by atoms with van der Waals surface area (Å²) >= 11 is -0.606. The Morgan fingerprint density at radius 2 is 1.64 bits per heavy atom. The monoisotopic (exact) mass is 410 g/mol. The molecule has 1 aliphatic rings. The molecule has 0 atom stereocenters. The molecule has 0 radical (unpaired) electrons. The van der Waals surface area contributed by atoms with E-state index < -0.39 is 19.5 Å². The molecule has 0 saturated carbocycles. The average Bonchev–Trinajstić information content (AvgIpc) is 3.02. The van der Waals surface area contributed by atoms with Crippen LogP contribution in [-0.2, 0) is 25.0 Å². The molecule has 0 N–H and O–H groups in total. The molecular weight excluding hydrogens is 387 g/mol. The van der Waals surface area contributed by atoms with Gasteiger partial charge in [0.2, 0.25) is 0 Å². The van der Waals surface area contributed by atoms with E-state index in [0.29, 0.717) is 0 Å². The fourth-order valence-electron chi connectivity index (χ4n) is 2.64. The molecule has 2 aromatic rings. The van der Waals surface area contributed by atoms with E-state index in [1.54, 1.807) is 0 Å². The van der Waals surface area contributed by atoms with Gasteiger partial charge in [-0.25, -0.2) is 0 Å². The Hall–Kier alpha value is -0.986. The summed E-state index contributed by atoms with van der Waals surface area (Å²) in [6.45, 7) is 6.71. The Bertz CT molecular complexity index is 746. The fourth-order valence-corrected chi connectivity index (χ4v) is 4.05. The van der Waals surface area contributed by atoms with Gasteiger partial charge in [0.1, 0.15) is 0 Å². The minimum Gasteiger partial charge on any atom is -0.147 e. The molecule has 3 rings (SSSR count). The summed E-state index contributed by atoms with van der Waals surface area (Å²) in [5.41, 5.74) is 4.14. The van der Waals surface area contributed by atoms with Crippen LogP contribution in [0.2, 0.25) is 0 Å². The first kappa shape index (κ1) is 22.1. The van der Waals surface area contributed by atoms with Gasteiger partial charge >= 0.3 is 149 Å². The number of allylic oxidation sites excluding steroid dienone is 4. The van der Waals surface area contributed by atoms with Gasteiger partial charge in [0, 0.05) is 0 Å². The quantitative estimate of drug-likeness (QED) is 0.517. The van der Waals surface area contributed by atoms with Crippen LogP contribution in [0.4, 0.5) is 0 Å². The topological polar surface area (TPSA) is 9.23 Å². The third-order valence-corrected chi connectivity index (χ3v) is 5.66. The van der Waals surface area contributed by atoms with Gasteiger partial charge in [0.25, 0.3) is 0 Å². The molecule has 0 aliphatic heterocycles. The van der Waals surface area contributed by atoms with E-state index >= 15 is 0 Å². The summed E-state index contributed by atoms with van der Waals surface area (Å²) < 4.78 is 7.67. The zero-order valence-electron chi connectivity index (χ0n) is 14.8. The standard InChI is InChI=1S/C11H9.C10H14O.2ClH.Ti/c1-2-6-10(7-3-1)11-8-4-5-9-11;1-10(2,3)8-5-4-6-9(11)7-8;;;/h1-4,6-8H,5H2;4-7,11H,1-3H3;2*1H;/q;;;;+1/p-1. The Morgan fingerprint density at radius 1 is 0.920 bits per heavy atom. The van der Waals surface area contributed by atoms with Crippen molar-refractivity contribution < 1.29 is 22.9 Å². The average molecular weight is 411 g/mol. The molecule has 2 aromatic carbocycles. The predicted octanol–water partition coefficient (Wildman–Crippen LogP) is 6.58. The van der Waals surface area contributed by atoms with Crippen molar-refractivity contribution in [3.63, 3.8) is 0 Å². The van der Waals surface area contributed by atoms with Crippen molar-refractivity contribution in [3.8, 4) is 5.75 Å². The largest absolute Gasteiger partial charge is 0.147 e. The maximum atomic E-state index is 6.20. The second kappa shape index (κ2) is 9.64. The van der Waals surface area contributed by atoms with E-state index in [9.17, 15) is 0 Å². The molecule has 1 aliphatic carbocycles. The summed E-state index contributed by atoms with van der Waals surface area (Å²) in [4.78, 5) is 0. The molecule has 0 bridgehead atoms. The zero-order chi connectivity index (χ0) is 16.3. The van der Waals surface area contributed by atoms with Gasteiger partial charge in [0.15, 0.2) is 0 Å². The minimum absolute atomic E-state index is 0. The number of rotatable bonds is 4. The van der Waals surface area contributed by atoms with Gasteiger partial charge in [-0.15, -0.1) is 24.8 Å². The molecule has 0 fully saturated rings. The van der Waals surface area contributed by atoms with Gasteiger partial charge in [-0.2, -0.15) is 0 Å². The number of halogens is 2. The van der Waals surface area contributed by atoms with Crippen molar-refractivity contribution in [2.45, 2.75) is 32.6 Å². The molecule has 0 aromatic heterocycles. The number of benzene rings is 2. The third-order valence-electron chi connectivity index (χ3n) is 4.01. The van der Waals surface area contributed by atoms with Crippen molar-refractivity contribution in [1.29, 1.82) is 0 Å². The second-order valence-corrected chi connectivity index (χ2v) is 8.43. The maximum Gasteiger partial charge on any atom is -0.147 e. The van der Waals surface area contributed by atoms with Crippen LogP contribution < -0.4 is 3.32 Å². The van der Waals surface area contributed by atoms with E-state index in [0.717, 1.165) is 12.2 Å². The van der Waals surface area contributed by atoms with Crippen LogP contribution in [0.5, 0.6) is 5.75 Å². The molecule has 0 unspecified atom stereocenters. The van der Waals surface area contributed by atoms with Crippen molar-refractivity contribution in [3.05, 3.63) is 81.8 Å². The summed E-state index contributed by atoms with van der Waals surface area (Å²) in [5, 5.41) is 0. The molecule has 25 heavy (non-hydrogen) atoms. The van der Waals surface area contributed by atoms with Crippen LogP contribution in [0, 0.1) is 0 Å². The number of hydrogen-bond donors (Lipinski definition) is 0. The smallest absolute Gasteiger partial charge is 0.147 e. The van der Waals surface area contributed by atoms with Crippen LogP contribution in [0.25, 0.3) is 5.57 Å². The van der Waals surface area contributed by atoms with Crippen LogP contribution in [-0.4, -0.2) is 0 Å². The van der Waals surface area contributed by atoms with Crippen LogP contribution in [0.3, 0.4) is 0 Å². The summed E-state index contributed by atoms with van der Waals surface area (Å²) in [5.74, 6) is 1.00. The molecule has 0 spiro atoms. The SMILES string of the molecule is CC(C)(C)c1cccc([O][Ti][C]2=C(c3ccccc3)C=CC2)c1.Cl.Cl. The molecule has 132 valence electrons. The zero-order valence-corrected chi connectivity index (χ0v) is 18.0.